The quantitative estimate of drug-likeness (QED) is 0.544. The van der Waals surface area contributed by atoms with Gasteiger partial charge in [0.2, 0.25) is 0 Å². The van der Waals surface area contributed by atoms with Gasteiger partial charge in [0.25, 0.3) is 0 Å². The Kier molecular flexibility index (Phi) is 4.85. The monoisotopic (exact) mass is 392 g/mol. The number of rotatable bonds is 3. The highest BCUT2D eigenvalue weighted by atomic mass is 79.9. The Bertz CT molecular complexity index is 537. The first-order valence-electron chi connectivity index (χ1n) is 4.71. The van der Waals surface area contributed by atoms with Crippen molar-refractivity contribution < 1.29 is 0 Å². The van der Waals surface area contributed by atoms with Crippen molar-refractivity contribution in [3.05, 3.63) is 50.4 Å². The maximum atomic E-state index is 5.91. The first kappa shape index (κ1) is 13.3. The van der Waals surface area contributed by atoms with Crippen molar-refractivity contribution in [3.63, 3.8) is 0 Å². The van der Waals surface area contributed by atoms with E-state index in [2.05, 4.69) is 47.9 Å². The maximum absolute atomic E-state index is 5.91. The molecule has 0 aliphatic rings. The predicted octanol–water partition coefficient (Wildman–Crippen LogP) is 4.95. The van der Waals surface area contributed by atoms with Gasteiger partial charge < -0.3 is 0 Å². The Labute approximate surface area is 125 Å². The van der Waals surface area contributed by atoms with Gasteiger partial charge in [0, 0.05) is 15.6 Å². The van der Waals surface area contributed by atoms with Crippen LogP contribution < -0.4 is 0 Å². The Hall–Kier alpha value is -0.100. The summed E-state index contributed by atoms with van der Waals surface area (Å²) in [5.74, 6) is 1.41. The first-order chi connectivity index (χ1) is 8.16. The van der Waals surface area contributed by atoms with Crippen molar-refractivity contribution >= 4 is 55.2 Å². The molecule has 0 N–H and O–H groups in total. The molecule has 2 nitrogen and oxygen atoms in total. The molecule has 0 amide bonds. The number of halogens is 3. The maximum Gasteiger partial charge on any atom is 0.146 e. The molecule has 1 aromatic carbocycles. The molecule has 0 atom stereocenters. The first-order valence-corrected chi connectivity index (χ1v) is 7.66. The average Bonchev–Trinajstić information content (AvgIpc) is 2.32. The van der Waals surface area contributed by atoms with Gasteiger partial charge in [-0.15, -0.1) is 11.8 Å². The fourth-order valence-electron chi connectivity index (χ4n) is 1.15. The Morgan fingerprint density at radius 2 is 1.94 bits per heavy atom. The third-order valence-corrected chi connectivity index (χ3v) is 5.06. The van der Waals surface area contributed by atoms with E-state index in [1.807, 2.05) is 18.2 Å². The molecule has 1 heterocycles. The van der Waals surface area contributed by atoms with Gasteiger partial charge in [-0.2, -0.15) is 0 Å². The molecule has 88 valence electrons. The molecule has 0 spiro atoms. The highest BCUT2D eigenvalue weighted by molar-refractivity contribution is 9.10. The van der Waals surface area contributed by atoms with Crippen molar-refractivity contribution in [2.75, 3.05) is 0 Å². The SMILES string of the molecule is Clc1nc(CSc2ccccc2Br)ncc1Br. The summed E-state index contributed by atoms with van der Waals surface area (Å²) < 4.78 is 1.79. The molecule has 17 heavy (non-hydrogen) atoms. The van der Waals surface area contributed by atoms with E-state index in [4.69, 9.17) is 11.6 Å². The summed E-state index contributed by atoms with van der Waals surface area (Å²) in [6, 6.07) is 8.05. The summed E-state index contributed by atoms with van der Waals surface area (Å²) in [4.78, 5) is 9.56. The van der Waals surface area contributed by atoms with Crippen molar-refractivity contribution in [1.29, 1.82) is 0 Å². The van der Waals surface area contributed by atoms with Gasteiger partial charge in [0.15, 0.2) is 0 Å². The Morgan fingerprint density at radius 3 is 2.65 bits per heavy atom. The molecule has 0 radical (unpaired) electrons. The smallest absolute Gasteiger partial charge is 0.146 e. The van der Waals surface area contributed by atoms with Crippen LogP contribution in [0.5, 0.6) is 0 Å². The number of aromatic nitrogens is 2. The molecule has 2 rings (SSSR count). The molecule has 6 heteroatoms. The van der Waals surface area contributed by atoms with Crippen molar-refractivity contribution in [2.45, 2.75) is 10.6 Å². The lowest BCUT2D eigenvalue weighted by atomic mass is 10.4. The molecular weight excluding hydrogens is 387 g/mol. The van der Waals surface area contributed by atoms with Gasteiger partial charge in [-0.3, -0.25) is 0 Å². The summed E-state index contributed by atoms with van der Waals surface area (Å²) in [6.45, 7) is 0. The van der Waals surface area contributed by atoms with Crippen LogP contribution in [0.4, 0.5) is 0 Å². The molecule has 0 aliphatic heterocycles. The third-order valence-electron chi connectivity index (χ3n) is 1.94. The minimum Gasteiger partial charge on any atom is -0.239 e. The number of hydrogen-bond donors (Lipinski definition) is 0. The lowest BCUT2D eigenvalue weighted by Gasteiger charge is -2.03. The van der Waals surface area contributed by atoms with E-state index in [-0.39, 0.29) is 0 Å². The fourth-order valence-corrected chi connectivity index (χ4v) is 2.92. The second kappa shape index (κ2) is 6.18. The number of benzene rings is 1. The van der Waals surface area contributed by atoms with Gasteiger partial charge in [0.05, 0.1) is 10.2 Å². The van der Waals surface area contributed by atoms with Gasteiger partial charge in [-0.05, 0) is 44.0 Å². The van der Waals surface area contributed by atoms with Crippen molar-refractivity contribution in [2.24, 2.45) is 0 Å². The van der Waals surface area contributed by atoms with E-state index >= 15 is 0 Å². The molecule has 0 saturated carbocycles. The highest BCUT2D eigenvalue weighted by Gasteiger charge is 2.05. The summed E-state index contributed by atoms with van der Waals surface area (Å²) in [5, 5.41) is 0.447. The fraction of sp³-hybridized carbons (Fsp3) is 0.0909. The molecule has 2 aromatic rings. The zero-order chi connectivity index (χ0) is 12.3. The number of hydrogen-bond acceptors (Lipinski definition) is 3. The van der Waals surface area contributed by atoms with E-state index in [0.29, 0.717) is 15.4 Å². The Morgan fingerprint density at radius 1 is 1.18 bits per heavy atom. The van der Waals surface area contributed by atoms with E-state index in [9.17, 15) is 0 Å². The van der Waals surface area contributed by atoms with Crippen LogP contribution in [0.15, 0.2) is 44.3 Å². The largest absolute Gasteiger partial charge is 0.239 e. The zero-order valence-electron chi connectivity index (χ0n) is 8.53. The van der Waals surface area contributed by atoms with E-state index < -0.39 is 0 Å². The summed E-state index contributed by atoms with van der Waals surface area (Å²) in [7, 11) is 0. The van der Waals surface area contributed by atoms with Crippen LogP contribution in [0.2, 0.25) is 5.15 Å². The second-order valence-electron chi connectivity index (χ2n) is 3.14. The van der Waals surface area contributed by atoms with Crippen molar-refractivity contribution in [1.82, 2.24) is 9.97 Å². The normalized spacial score (nSPS) is 10.5. The van der Waals surface area contributed by atoms with Crippen LogP contribution >= 0.6 is 55.2 Å². The predicted molar refractivity (Wildman–Crippen MR) is 78.4 cm³/mol. The average molecular weight is 395 g/mol. The lowest BCUT2D eigenvalue weighted by molar-refractivity contribution is 1.02. The van der Waals surface area contributed by atoms with Crippen LogP contribution in [0, 0.1) is 0 Å². The van der Waals surface area contributed by atoms with Crippen LogP contribution in [-0.4, -0.2) is 9.97 Å². The number of thioether (sulfide) groups is 1. The summed E-state index contributed by atoms with van der Waals surface area (Å²) in [6.07, 6.45) is 1.67. The van der Waals surface area contributed by atoms with E-state index in [0.717, 1.165) is 15.2 Å². The summed E-state index contributed by atoms with van der Waals surface area (Å²) in [5.41, 5.74) is 0. The number of nitrogens with zero attached hydrogens (tertiary/aromatic N) is 2. The molecule has 0 fully saturated rings. The zero-order valence-corrected chi connectivity index (χ0v) is 13.3. The van der Waals surface area contributed by atoms with Gasteiger partial charge in [-0.25, -0.2) is 9.97 Å². The van der Waals surface area contributed by atoms with Crippen LogP contribution in [0.25, 0.3) is 0 Å². The van der Waals surface area contributed by atoms with Crippen molar-refractivity contribution in [3.8, 4) is 0 Å². The minimum absolute atomic E-state index is 0.447. The van der Waals surface area contributed by atoms with E-state index in [1.54, 1.807) is 18.0 Å². The van der Waals surface area contributed by atoms with Crippen LogP contribution in [0.1, 0.15) is 5.82 Å². The minimum atomic E-state index is 0.447. The van der Waals surface area contributed by atoms with Gasteiger partial charge in [-0.1, -0.05) is 23.7 Å². The highest BCUT2D eigenvalue weighted by Crippen LogP contribution is 2.29. The van der Waals surface area contributed by atoms with Crippen LogP contribution in [-0.2, 0) is 5.75 Å². The third kappa shape index (κ3) is 3.68. The molecular formula is C11H7Br2ClN2S. The topological polar surface area (TPSA) is 25.8 Å². The second-order valence-corrected chi connectivity index (χ2v) is 6.23. The summed E-state index contributed by atoms with van der Waals surface area (Å²) >= 11 is 14.3. The van der Waals surface area contributed by atoms with Gasteiger partial charge >= 0.3 is 0 Å². The van der Waals surface area contributed by atoms with Gasteiger partial charge in [0.1, 0.15) is 11.0 Å². The molecule has 0 aliphatic carbocycles. The standard InChI is InChI=1S/C11H7Br2ClN2S/c12-7-3-1-2-4-9(7)17-6-10-15-5-8(13)11(14)16-10/h1-5H,6H2. The lowest BCUT2D eigenvalue weighted by Crippen LogP contribution is -1.93. The van der Waals surface area contributed by atoms with E-state index in [1.165, 1.54) is 0 Å². The van der Waals surface area contributed by atoms with Crippen LogP contribution in [0.3, 0.4) is 0 Å². The molecule has 0 unspecified atom stereocenters. The molecule has 1 aromatic heterocycles. The Balaban J connectivity index is 2.08. The molecule has 0 bridgehead atoms. The molecule has 0 saturated heterocycles.